The van der Waals surface area contributed by atoms with E-state index in [-0.39, 0.29) is 5.78 Å². The molecule has 0 saturated heterocycles. The van der Waals surface area contributed by atoms with E-state index in [1.165, 1.54) is 5.56 Å². The van der Waals surface area contributed by atoms with Gasteiger partial charge in [-0.1, -0.05) is 48.0 Å². The van der Waals surface area contributed by atoms with Crippen molar-refractivity contribution >= 4 is 22.7 Å². The number of hydrogen-bond donors (Lipinski definition) is 1. The van der Waals surface area contributed by atoms with Gasteiger partial charge in [0.15, 0.2) is 17.3 Å². The number of nitrogens with one attached hydrogen (secondary N) is 1. The predicted octanol–water partition coefficient (Wildman–Crippen LogP) is 5.19. The first-order chi connectivity index (χ1) is 13.6. The maximum atomic E-state index is 13.2. The number of hydrogen-bond acceptors (Lipinski definition) is 4. The van der Waals surface area contributed by atoms with E-state index in [2.05, 4.69) is 5.32 Å². The number of fused-ring (bicyclic) bond motifs is 1. The van der Waals surface area contributed by atoms with Crippen LogP contribution in [0, 0.1) is 6.92 Å². The molecule has 0 aliphatic heterocycles. The first-order valence-corrected chi connectivity index (χ1v) is 9.07. The highest BCUT2D eigenvalue weighted by molar-refractivity contribution is 6.40. The zero-order chi connectivity index (χ0) is 19.7. The predicted molar refractivity (Wildman–Crippen MR) is 112 cm³/mol. The Kier molecular flexibility index (Phi) is 4.62. The molecule has 0 spiro atoms. The number of ketones is 1. The van der Waals surface area contributed by atoms with Gasteiger partial charge in [-0.25, -0.2) is 0 Å². The topological polar surface area (TPSA) is 47.6 Å². The second-order valence-electron chi connectivity index (χ2n) is 6.69. The number of benzene rings is 3. The van der Waals surface area contributed by atoms with Gasteiger partial charge in [0, 0.05) is 16.8 Å². The third-order valence-corrected chi connectivity index (χ3v) is 4.91. The Morgan fingerprint density at radius 1 is 0.786 bits per heavy atom. The van der Waals surface area contributed by atoms with Gasteiger partial charge in [0.25, 0.3) is 0 Å². The minimum absolute atomic E-state index is 0.00238. The third kappa shape index (κ3) is 3.03. The fraction of sp³-hybridized carbons (Fsp3) is 0.125. The van der Waals surface area contributed by atoms with Gasteiger partial charge in [0.05, 0.1) is 25.5 Å². The van der Waals surface area contributed by atoms with Gasteiger partial charge in [-0.3, -0.25) is 4.79 Å². The molecule has 0 amide bonds. The molecule has 0 saturated carbocycles. The Morgan fingerprint density at radius 2 is 1.46 bits per heavy atom. The highest BCUT2D eigenvalue weighted by Gasteiger charge is 2.31. The molecule has 1 aliphatic rings. The Hall–Kier alpha value is -3.53. The average molecular weight is 371 g/mol. The first kappa shape index (κ1) is 17.9. The van der Waals surface area contributed by atoms with E-state index in [1.54, 1.807) is 14.2 Å². The van der Waals surface area contributed by atoms with Crippen molar-refractivity contribution in [1.29, 1.82) is 0 Å². The Morgan fingerprint density at radius 3 is 2.14 bits per heavy atom. The summed E-state index contributed by atoms with van der Waals surface area (Å²) in [5.41, 5.74) is 5.93. The van der Waals surface area contributed by atoms with Crippen molar-refractivity contribution in [2.24, 2.45) is 0 Å². The molecule has 4 nitrogen and oxygen atoms in total. The van der Waals surface area contributed by atoms with Crippen LogP contribution in [0.3, 0.4) is 0 Å². The number of allylic oxidation sites excluding steroid dienone is 1. The summed E-state index contributed by atoms with van der Waals surface area (Å²) in [5.74, 6) is 1.21. The third-order valence-electron chi connectivity index (χ3n) is 4.91. The summed E-state index contributed by atoms with van der Waals surface area (Å²) in [7, 11) is 3.18. The van der Waals surface area contributed by atoms with Crippen molar-refractivity contribution in [2.45, 2.75) is 6.92 Å². The van der Waals surface area contributed by atoms with Gasteiger partial charge >= 0.3 is 0 Å². The SMILES string of the molecule is COc1ccc(C2=C(Nc3ccc(C)cc3)c3ccccc3C2=O)cc1OC. The summed E-state index contributed by atoms with van der Waals surface area (Å²) < 4.78 is 10.8. The molecular formula is C24H21NO3. The number of carbonyl (C=O) groups excluding carboxylic acids is 1. The molecule has 0 unspecified atom stereocenters. The fourth-order valence-corrected chi connectivity index (χ4v) is 3.46. The molecule has 0 aromatic heterocycles. The van der Waals surface area contributed by atoms with Gasteiger partial charge in [0.2, 0.25) is 0 Å². The summed E-state index contributed by atoms with van der Waals surface area (Å²) >= 11 is 0. The number of rotatable bonds is 5. The van der Waals surface area contributed by atoms with Crippen LogP contribution in [0.4, 0.5) is 5.69 Å². The van der Waals surface area contributed by atoms with Crippen molar-refractivity contribution in [3.8, 4) is 11.5 Å². The number of carbonyl (C=O) groups is 1. The van der Waals surface area contributed by atoms with Crippen LogP contribution in [-0.4, -0.2) is 20.0 Å². The zero-order valence-electron chi connectivity index (χ0n) is 16.1. The van der Waals surface area contributed by atoms with Gasteiger partial charge in [0.1, 0.15) is 0 Å². The lowest BCUT2D eigenvalue weighted by atomic mass is 10.0. The molecule has 140 valence electrons. The van der Waals surface area contributed by atoms with Crippen LogP contribution in [0.2, 0.25) is 0 Å². The van der Waals surface area contributed by atoms with Crippen LogP contribution < -0.4 is 14.8 Å². The fourth-order valence-electron chi connectivity index (χ4n) is 3.46. The maximum absolute atomic E-state index is 13.2. The van der Waals surface area contributed by atoms with Crippen molar-refractivity contribution in [1.82, 2.24) is 0 Å². The number of aryl methyl sites for hydroxylation is 1. The van der Waals surface area contributed by atoms with E-state index in [0.29, 0.717) is 22.6 Å². The normalized spacial score (nSPS) is 12.8. The molecular weight excluding hydrogens is 350 g/mol. The molecule has 0 fully saturated rings. The minimum atomic E-state index is -0.00238. The minimum Gasteiger partial charge on any atom is -0.493 e. The quantitative estimate of drug-likeness (QED) is 0.671. The smallest absolute Gasteiger partial charge is 0.196 e. The van der Waals surface area contributed by atoms with Crippen molar-refractivity contribution in [3.63, 3.8) is 0 Å². The highest BCUT2D eigenvalue weighted by atomic mass is 16.5. The van der Waals surface area contributed by atoms with Crippen LogP contribution in [0.25, 0.3) is 11.3 Å². The van der Waals surface area contributed by atoms with Crippen molar-refractivity contribution in [2.75, 3.05) is 19.5 Å². The summed E-state index contributed by atoms with van der Waals surface area (Å²) in [6, 6.07) is 21.3. The largest absolute Gasteiger partial charge is 0.493 e. The van der Waals surface area contributed by atoms with E-state index in [4.69, 9.17) is 9.47 Å². The Labute approximate surface area is 164 Å². The molecule has 0 atom stereocenters. The van der Waals surface area contributed by atoms with E-state index >= 15 is 0 Å². The Bertz CT molecular complexity index is 1080. The number of ether oxygens (including phenoxy) is 2. The van der Waals surface area contributed by atoms with E-state index in [9.17, 15) is 4.79 Å². The number of methoxy groups -OCH3 is 2. The molecule has 3 aromatic rings. The van der Waals surface area contributed by atoms with Crippen LogP contribution in [-0.2, 0) is 0 Å². The van der Waals surface area contributed by atoms with Gasteiger partial charge < -0.3 is 14.8 Å². The highest BCUT2D eigenvalue weighted by Crippen LogP contribution is 2.41. The van der Waals surface area contributed by atoms with Gasteiger partial charge in [-0.2, -0.15) is 0 Å². The van der Waals surface area contributed by atoms with Crippen molar-refractivity contribution in [3.05, 3.63) is 89.0 Å². The van der Waals surface area contributed by atoms with Crippen LogP contribution in [0.15, 0.2) is 66.7 Å². The zero-order valence-corrected chi connectivity index (χ0v) is 16.1. The summed E-state index contributed by atoms with van der Waals surface area (Å²) in [4.78, 5) is 13.2. The number of anilines is 1. The van der Waals surface area contributed by atoms with Crippen LogP contribution >= 0.6 is 0 Å². The van der Waals surface area contributed by atoms with E-state index in [0.717, 1.165) is 22.5 Å². The molecule has 0 radical (unpaired) electrons. The maximum Gasteiger partial charge on any atom is 0.196 e. The standard InChI is InChI=1S/C24H21NO3/c1-15-8-11-17(12-9-15)25-23-18-6-4-5-7-19(18)24(26)22(23)16-10-13-20(27-2)21(14-16)28-3/h4-14,25H,1-3H3. The molecule has 1 aliphatic carbocycles. The lowest BCUT2D eigenvalue weighted by Crippen LogP contribution is -2.02. The molecule has 1 N–H and O–H groups in total. The average Bonchev–Trinajstić information content (AvgIpc) is 3.01. The monoisotopic (exact) mass is 371 g/mol. The van der Waals surface area contributed by atoms with Gasteiger partial charge in [-0.05, 0) is 36.8 Å². The number of Topliss-reactive ketones (excluding diaryl/α,β-unsaturated/α-hetero) is 1. The molecule has 4 rings (SSSR count). The van der Waals surface area contributed by atoms with Crippen LogP contribution in [0.1, 0.15) is 27.0 Å². The second kappa shape index (κ2) is 7.24. The molecule has 28 heavy (non-hydrogen) atoms. The second-order valence-corrected chi connectivity index (χ2v) is 6.69. The molecule has 0 bridgehead atoms. The van der Waals surface area contributed by atoms with Crippen molar-refractivity contribution < 1.29 is 14.3 Å². The lowest BCUT2D eigenvalue weighted by Gasteiger charge is -2.13. The van der Waals surface area contributed by atoms with E-state index in [1.807, 2.05) is 73.7 Å². The molecule has 4 heteroatoms. The first-order valence-electron chi connectivity index (χ1n) is 9.07. The summed E-state index contributed by atoms with van der Waals surface area (Å²) in [5, 5.41) is 3.46. The van der Waals surface area contributed by atoms with Crippen LogP contribution in [0.5, 0.6) is 11.5 Å². The summed E-state index contributed by atoms with van der Waals surface area (Å²) in [6.07, 6.45) is 0. The molecule has 0 heterocycles. The lowest BCUT2D eigenvalue weighted by molar-refractivity contribution is 0.105. The summed E-state index contributed by atoms with van der Waals surface area (Å²) in [6.45, 7) is 2.05. The van der Waals surface area contributed by atoms with E-state index < -0.39 is 0 Å². The molecule has 3 aromatic carbocycles. The van der Waals surface area contributed by atoms with Gasteiger partial charge in [-0.15, -0.1) is 0 Å². The Balaban J connectivity index is 1.87.